The molecular formula is C17H20FN3O5S. The highest BCUT2D eigenvalue weighted by Crippen LogP contribution is 2.21. The standard InChI is InChI=1S/C17H20FN3O5S/c1-10(22)19-13-9-11(5-6-12(13)18)20-16(23)14-7-8-15(26-14)27(24,25)21-17(2,3)4/h5-9,21H,1-4H3,(H,19,22)(H,20,23). The summed E-state index contributed by atoms with van der Waals surface area (Å²) in [5, 5.41) is 4.34. The molecule has 0 aliphatic rings. The van der Waals surface area contributed by atoms with Gasteiger partial charge in [0.15, 0.2) is 5.76 Å². The van der Waals surface area contributed by atoms with Crippen molar-refractivity contribution in [2.75, 3.05) is 10.6 Å². The van der Waals surface area contributed by atoms with E-state index in [0.717, 1.165) is 12.1 Å². The van der Waals surface area contributed by atoms with Gasteiger partial charge < -0.3 is 15.1 Å². The molecular weight excluding hydrogens is 377 g/mol. The van der Waals surface area contributed by atoms with Gasteiger partial charge in [-0.1, -0.05) is 0 Å². The Morgan fingerprint density at radius 3 is 2.33 bits per heavy atom. The molecule has 10 heteroatoms. The third kappa shape index (κ3) is 5.63. The molecule has 27 heavy (non-hydrogen) atoms. The number of hydrogen-bond donors (Lipinski definition) is 3. The van der Waals surface area contributed by atoms with Crippen LogP contribution in [0.5, 0.6) is 0 Å². The van der Waals surface area contributed by atoms with Gasteiger partial charge in [-0.15, -0.1) is 0 Å². The van der Waals surface area contributed by atoms with Crippen LogP contribution in [0.4, 0.5) is 15.8 Å². The minimum Gasteiger partial charge on any atom is -0.438 e. The van der Waals surface area contributed by atoms with E-state index >= 15 is 0 Å². The van der Waals surface area contributed by atoms with Gasteiger partial charge in [0.2, 0.25) is 11.0 Å². The molecule has 0 bridgehead atoms. The maximum Gasteiger partial charge on any atom is 0.291 e. The Bertz CT molecular complexity index is 977. The van der Waals surface area contributed by atoms with Crippen molar-refractivity contribution in [1.29, 1.82) is 0 Å². The van der Waals surface area contributed by atoms with Gasteiger partial charge in [0.05, 0.1) is 5.69 Å². The zero-order valence-electron chi connectivity index (χ0n) is 15.2. The van der Waals surface area contributed by atoms with E-state index in [-0.39, 0.29) is 17.1 Å². The number of carbonyl (C=O) groups is 2. The van der Waals surface area contributed by atoms with Crippen LogP contribution in [0.15, 0.2) is 39.8 Å². The second-order valence-electron chi connectivity index (χ2n) is 6.80. The summed E-state index contributed by atoms with van der Waals surface area (Å²) in [5.74, 6) is -2.10. The fourth-order valence-corrected chi connectivity index (χ4v) is 3.47. The maximum atomic E-state index is 13.6. The molecule has 1 heterocycles. The highest BCUT2D eigenvalue weighted by Gasteiger charge is 2.26. The molecule has 146 valence electrons. The molecule has 8 nitrogen and oxygen atoms in total. The van der Waals surface area contributed by atoms with Crippen LogP contribution in [-0.2, 0) is 14.8 Å². The van der Waals surface area contributed by atoms with Crippen LogP contribution in [0.25, 0.3) is 0 Å². The largest absolute Gasteiger partial charge is 0.438 e. The lowest BCUT2D eigenvalue weighted by atomic mass is 10.1. The van der Waals surface area contributed by atoms with E-state index in [1.165, 1.54) is 25.1 Å². The zero-order chi connectivity index (χ0) is 20.4. The summed E-state index contributed by atoms with van der Waals surface area (Å²) in [6.45, 7) is 6.23. The number of rotatable bonds is 5. The molecule has 0 saturated carbocycles. The predicted molar refractivity (Wildman–Crippen MR) is 97.4 cm³/mol. The summed E-state index contributed by atoms with van der Waals surface area (Å²) < 4.78 is 45.6. The molecule has 0 radical (unpaired) electrons. The second-order valence-corrected chi connectivity index (χ2v) is 8.42. The molecule has 2 rings (SSSR count). The molecule has 2 amide bonds. The molecule has 1 aromatic heterocycles. The number of carbonyl (C=O) groups excluding carboxylic acids is 2. The minimum absolute atomic E-state index is 0.0996. The first kappa shape index (κ1) is 20.6. The van der Waals surface area contributed by atoms with Crippen molar-refractivity contribution in [1.82, 2.24) is 4.72 Å². The Morgan fingerprint density at radius 2 is 1.74 bits per heavy atom. The van der Waals surface area contributed by atoms with E-state index in [0.29, 0.717) is 0 Å². The summed E-state index contributed by atoms with van der Waals surface area (Å²) in [5.41, 5.74) is -0.626. The van der Waals surface area contributed by atoms with Crippen molar-refractivity contribution in [3.63, 3.8) is 0 Å². The Morgan fingerprint density at radius 1 is 1.07 bits per heavy atom. The van der Waals surface area contributed by atoms with E-state index in [1.807, 2.05) is 0 Å². The van der Waals surface area contributed by atoms with Gasteiger partial charge in [0.1, 0.15) is 5.82 Å². The van der Waals surface area contributed by atoms with E-state index in [9.17, 15) is 22.4 Å². The number of hydrogen-bond acceptors (Lipinski definition) is 5. The zero-order valence-corrected chi connectivity index (χ0v) is 16.0. The summed E-state index contributed by atoms with van der Waals surface area (Å²) in [7, 11) is -3.92. The lowest BCUT2D eigenvalue weighted by molar-refractivity contribution is -0.114. The molecule has 2 aromatic rings. The van der Waals surface area contributed by atoms with E-state index < -0.39 is 38.3 Å². The van der Waals surface area contributed by atoms with Gasteiger partial charge >= 0.3 is 0 Å². The molecule has 0 spiro atoms. The quantitative estimate of drug-likeness (QED) is 0.717. The highest BCUT2D eigenvalue weighted by molar-refractivity contribution is 7.89. The molecule has 1 aromatic carbocycles. The topological polar surface area (TPSA) is 118 Å². The second kappa shape index (κ2) is 7.49. The summed E-state index contributed by atoms with van der Waals surface area (Å²) in [6.07, 6.45) is 0. The molecule has 0 unspecified atom stereocenters. The van der Waals surface area contributed by atoms with Gasteiger partial charge in [-0.3, -0.25) is 9.59 Å². The van der Waals surface area contributed by atoms with E-state index in [1.54, 1.807) is 20.8 Å². The van der Waals surface area contributed by atoms with Crippen molar-refractivity contribution in [3.8, 4) is 0 Å². The van der Waals surface area contributed by atoms with E-state index in [4.69, 9.17) is 4.42 Å². The van der Waals surface area contributed by atoms with Crippen LogP contribution in [0.3, 0.4) is 0 Å². The smallest absolute Gasteiger partial charge is 0.291 e. The van der Waals surface area contributed by atoms with Crippen molar-refractivity contribution in [3.05, 3.63) is 41.9 Å². The molecule has 0 aliphatic heterocycles. The summed E-state index contributed by atoms with van der Waals surface area (Å²) >= 11 is 0. The monoisotopic (exact) mass is 397 g/mol. The first-order valence-corrected chi connectivity index (χ1v) is 9.38. The lowest BCUT2D eigenvalue weighted by Crippen LogP contribution is -2.40. The number of nitrogens with one attached hydrogen (secondary N) is 3. The Kier molecular flexibility index (Phi) is 5.71. The average Bonchev–Trinajstić information content (AvgIpc) is 2.98. The minimum atomic E-state index is -3.92. The van der Waals surface area contributed by atoms with Crippen LogP contribution >= 0.6 is 0 Å². The summed E-state index contributed by atoms with van der Waals surface area (Å²) in [4.78, 5) is 23.3. The Labute approximate surface area is 156 Å². The number of halogens is 1. The van der Waals surface area contributed by atoms with Crippen LogP contribution in [0, 0.1) is 5.82 Å². The van der Waals surface area contributed by atoms with Gasteiger partial charge in [0, 0.05) is 18.2 Å². The van der Waals surface area contributed by atoms with Crippen LogP contribution in [0.2, 0.25) is 0 Å². The normalized spacial score (nSPS) is 11.9. The third-order valence-electron chi connectivity index (χ3n) is 3.05. The van der Waals surface area contributed by atoms with Crippen molar-refractivity contribution >= 4 is 33.2 Å². The third-order valence-corrected chi connectivity index (χ3v) is 4.68. The molecule has 0 aliphatic carbocycles. The fraction of sp³-hybridized carbons (Fsp3) is 0.294. The van der Waals surface area contributed by atoms with Crippen LogP contribution in [0.1, 0.15) is 38.2 Å². The number of furan rings is 1. The van der Waals surface area contributed by atoms with Crippen molar-refractivity contribution in [2.45, 2.75) is 38.3 Å². The lowest BCUT2D eigenvalue weighted by Gasteiger charge is -2.18. The van der Waals surface area contributed by atoms with Crippen molar-refractivity contribution in [2.24, 2.45) is 0 Å². The molecule has 0 atom stereocenters. The van der Waals surface area contributed by atoms with Crippen LogP contribution < -0.4 is 15.4 Å². The SMILES string of the molecule is CC(=O)Nc1cc(NC(=O)c2ccc(S(=O)(=O)NC(C)(C)C)o2)ccc1F. The fourth-order valence-electron chi connectivity index (χ4n) is 2.12. The number of benzene rings is 1. The van der Waals surface area contributed by atoms with Gasteiger partial charge in [-0.05, 0) is 51.1 Å². The average molecular weight is 397 g/mol. The number of sulfonamides is 1. The Hall–Kier alpha value is -2.72. The molecule has 3 N–H and O–H groups in total. The highest BCUT2D eigenvalue weighted by atomic mass is 32.2. The first-order chi connectivity index (χ1) is 12.4. The van der Waals surface area contributed by atoms with E-state index in [2.05, 4.69) is 15.4 Å². The first-order valence-electron chi connectivity index (χ1n) is 7.90. The van der Waals surface area contributed by atoms with Crippen molar-refractivity contribution < 1.29 is 26.8 Å². The van der Waals surface area contributed by atoms with Gasteiger partial charge in [-0.2, -0.15) is 0 Å². The van der Waals surface area contributed by atoms with Gasteiger partial charge in [-0.25, -0.2) is 17.5 Å². The maximum absolute atomic E-state index is 13.6. The molecule has 0 saturated heterocycles. The molecule has 0 fully saturated rings. The number of amides is 2. The summed E-state index contributed by atoms with van der Waals surface area (Å²) in [6, 6.07) is 5.98. The number of anilines is 2. The van der Waals surface area contributed by atoms with Crippen LogP contribution in [-0.4, -0.2) is 25.8 Å². The Balaban J connectivity index is 2.18. The predicted octanol–water partition coefficient (Wildman–Crippen LogP) is 2.71. The van der Waals surface area contributed by atoms with Gasteiger partial charge in [0.25, 0.3) is 15.9 Å².